The van der Waals surface area contributed by atoms with Crippen LogP contribution in [0, 0.1) is 0 Å². The highest BCUT2D eigenvalue weighted by atomic mass is 16.4. The third-order valence-corrected chi connectivity index (χ3v) is 2.77. The molecule has 0 saturated carbocycles. The van der Waals surface area contributed by atoms with E-state index in [1.807, 2.05) is 24.8 Å². The predicted molar refractivity (Wildman–Crippen MR) is 67.7 cm³/mol. The van der Waals surface area contributed by atoms with Gasteiger partial charge in [-0.05, 0) is 19.9 Å². The molecule has 6 heteroatoms. The van der Waals surface area contributed by atoms with E-state index in [4.69, 9.17) is 5.11 Å². The molecule has 0 unspecified atom stereocenters. The van der Waals surface area contributed by atoms with E-state index in [0.29, 0.717) is 6.54 Å². The highest BCUT2D eigenvalue weighted by Gasteiger charge is 2.16. The molecule has 96 valence electrons. The molecule has 6 nitrogen and oxygen atoms in total. The summed E-state index contributed by atoms with van der Waals surface area (Å²) in [5.41, 5.74) is 0.886. The van der Waals surface area contributed by atoms with Gasteiger partial charge in [-0.15, -0.1) is 0 Å². The van der Waals surface area contributed by atoms with Crippen molar-refractivity contribution in [2.24, 2.45) is 0 Å². The minimum Gasteiger partial charge on any atom is -0.481 e. The average molecular weight is 248 g/mol. The monoisotopic (exact) mass is 248 g/mol. The van der Waals surface area contributed by atoms with Crippen LogP contribution in [0.15, 0.2) is 24.7 Å². The Hall–Kier alpha value is -2.11. The Labute approximate surface area is 105 Å². The summed E-state index contributed by atoms with van der Waals surface area (Å²) in [6, 6.07) is 2.05. The Morgan fingerprint density at radius 3 is 2.94 bits per heavy atom. The standard InChI is InChI=1S/C12H16N4O2/c1-9(2)15(7-4-11(17)18)12-10-3-5-14-16(10)8-6-13-12/h3,5-6,8-9H,4,7H2,1-2H3,(H,17,18). The van der Waals surface area contributed by atoms with Gasteiger partial charge in [0.05, 0.1) is 12.6 Å². The van der Waals surface area contributed by atoms with Gasteiger partial charge >= 0.3 is 5.97 Å². The predicted octanol–water partition coefficient (Wildman–Crippen LogP) is 1.42. The number of fused-ring (bicyclic) bond motifs is 1. The lowest BCUT2D eigenvalue weighted by molar-refractivity contribution is -0.136. The number of aromatic nitrogens is 3. The van der Waals surface area contributed by atoms with Gasteiger partial charge in [-0.25, -0.2) is 9.50 Å². The summed E-state index contributed by atoms with van der Waals surface area (Å²) in [6.07, 6.45) is 5.24. The van der Waals surface area contributed by atoms with Crippen molar-refractivity contribution in [2.45, 2.75) is 26.3 Å². The summed E-state index contributed by atoms with van der Waals surface area (Å²) in [6.45, 7) is 4.47. The number of rotatable bonds is 5. The molecule has 0 aliphatic heterocycles. The van der Waals surface area contributed by atoms with Crippen LogP contribution in [0.3, 0.4) is 0 Å². The molecule has 0 aliphatic rings. The Bertz CT molecular complexity index is 550. The first-order valence-electron chi connectivity index (χ1n) is 5.86. The van der Waals surface area contributed by atoms with Crippen LogP contribution in [0.5, 0.6) is 0 Å². The van der Waals surface area contributed by atoms with E-state index in [9.17, 15) is 4.79 Å². The van der Waals surface area contributed by atoms with Crippen molar-refractivity contribution >= 4 is 17.3 Å². The number of carboxylic acid groups (broad SMARTS) is 1. The van der Waals surface area contributed by atoms with Gasteiger partial charge in [-0.1, -0.05) is 0 Å². The van der Waals surface area contributed by atoms with Crippen LogP contribution < -0.4 is 4.90 Å². The SMILES string of the molecule is CC(C)N(CCC(=O)O)c1nccn2nccc12. The van der Waals surface area contributed by atoms with Crippen molar-refractivity contribution in [3.05, 3.63) is 24.7 Å². The number of anilines is 1. The zero-order valence-electron chi connectivity index (χ0n) is 10.4. The number of aliphatic carboxylic acids is 1. The van der Waals surface area contributed by atoms with Crippen LogP contribution in [0.1, 0.15) is 20.3 Å². The van der Waals surface area contributed by atoms with Crippen molar-refractivity contribution in [1.29, 1.82) is 0 Å². The van der Waals surface area contributed by atoms with E-state index >= 15 is 0 Å². The van der Waals surface area contributed by atoms with Crippen LogP contribution in [0.4, 0.5) is 5.82 Å². The van der Waals surface area contributed by atoms with E-state index in [0.717, 1.165) is 11.3 Å². The normalized spacial score (nSPS) is 11.1. The molecule has 2 rings (SSSR count). The smallest absolute Gasteiger partial charge is 0.305 e. The van der Waals surface area contributed by atoms with Crippen LogP contribution in [-0.2, 0) is 4.79 Å². The molecule has 0 bridgehead atoms. The van der Waals surface area contributed by atoms with Crippen molar-refractivity contribution in [3.8, 4) is 0 Å². The maximum atomic E-state index is 10.7. The minimum absolute atomic E-state index is 0.0923. The Morgan fingerprint density at radius 1 is 1.50 bits per heavy atom. The average Bonchev–Trinajstić information content (AvgIpc) is 2.77. The molecule has 18 heavy (non-hydrogen) atoms. The molecule has 0 spiro atoms. The first-order chi connectivity index (χ1) is 8.59. The van der Waals surface area contributed by atoms with E-state index in [1.165, 1.54) is 0 Å². The van der Waals surface area contributed by atoms with Gasteiger partial charge < -0.3 is 10.0 Å². The maximum Gasteiger partial charge on any atom is 0.305 e. The Balaban J connectivity index is 2.35. The van der Waals surface area contributed by atoms with Crippen LogP contribution in [0.2, 0.25) is 0 Å². The Morgan fingerprint density at radius 2 is 2.28 bits per heavy atom. The zero-order chi connectivity index (χ0) is 13.1. The van der Waals surface area contributed by atoms with Crippen molar-refractivity contribution < 1.29 is 9.90 Å². The summed E-state index contributed by atoms with van der Waals surface area (Å²) in [5, 5.41) is 12.9. The second kappa shape index (κ2) is 5.03. The molecule has 2 aromatic heterocycles. The maximum absolute atomic E-state index is 10.7. The van der Waals surface area contributed by atoms with Crippen LogP contribution in [-0.4, -0.2) is 38.3 Å². The van der Waals surface area contributed by atoms with E-state index < -0.39 is 5.97 Å². The van der Waals surface area contributed by atoms with Gasteiger partial charge in [0.2, 0.25) is 0 Å². The van der Waals surface area contributed by atoms with Gasteiger partial charge in [-0.2, -0.15) is 5.10 Å². The van der Waals surface area contributed by atoms with Gasteiger partial charge in [0, 0.05) is 25.0 Å². The number of hydrogen-bond acceptors (Lipinski definition) is 4. The molecule has 0 aliphatic carbocycles. The number of carboxylic acids is 1. The molecular weight excluding hydrogens is 232 g/mol. The molecule has 0 atom stereocenters. The lowest BCUT2D eigenvalue weighted by Crippen LogP contribution is -2.34. The lowest BCUT2D eigenvalue weighted by atomic mass is 10.2. The van der Waals surface area contributed by atoms with E-state index in [2.05, 4.69) is 10.1 Å². The van der Waals surface area contributed by atoms with E-state index in [-0.39, 0.29) is 12.5 Å². The lowest BCUT2D eigenvalue weighted by Gasteiger charge is -2.27. The fraction of sp³-hybridized carbons (Fsp3) is 0.417. The fourth-order valence-corrected chi connectivity index (χ4v) is 1.89. The molecule has 2 aromatic rings. The molecule has 0 aromatic carbocycles. The summed E-state index contributed by atoms with van der Waals surface area (Å²) >= 11 is 0. The highest BCUT2D eigenvalue weighted by molar-refractivity contribution is 5.71. The van der Waals surface area contributed by atoms with Crippen molar-refractivity contribution in [1.82, 2.24) is 14.6 Å². The highest BCUT2D eigenvalue weighted by Crippen LogP contribution is 2.20. The first kappa shape index (κ1) is 12.3. The summed E-state index contributed by atoms with van der Waals surface area (Å²) < 4.78 is 1.73. The van der Waals surface area contributed by atoms with Gasteiger partial charge in [0.1, 0.15) is 5.52 Å². The second-order valence-electron chi connectivity index (χ2n) is 4.34. The number of carbonyl (C=O) groups is 1. The van der Waals surface area contributed by atoms with Gasteiger partial charge in [-0.3, -0.25) is 4.79 Å². The summed E-state index contributed by atoms with van der Waals surface area (Å²) in [7, 11) is 0. The fourth-order valence-electron chi connectivity index (χ4n) is 1.89. The van der Waals surface area contributed by atoms with Crippen molar-refractivity contribution in [3.63, 3.8) is 0 Å². The largest absolute Gasteiger partial charge is 0.481 e. The zero-order valence-corrected chi connectivity index (χ0v) is 10.4. The number of hydrogen-bond donors (Lipinski definition) is 1. The van der Waals surface area contributed by atoms with Crippen molar-refractivity contribution in [2.75, 3.05) is 11.4 Å². The minimum atomic E-state index is -0.805. The molecule has 0 radical (unpaired) electrons. The van der Waals surface area contributed by atoms with E-state index in [1.54, 1.807) is 23.1 Å². The summed E-state index contributed by atoms with van der Waals surface area (Å²) in [4.78, 5) is 17.0. The third kappa shape index (κ3) is 2.42. The molecule has 1 N–H and O–H groups in total. The molecule has 0 amide bonds. The molecule has 0 fully saturated rings. The van der Waals surface area contributed by atoms with Crippen LogP contribution >= 0.6 is 0 Å². The second-order valence-corrected chi connectivity index (χ2v) is 4.34. The quantitative estimate of drug-likeness (QED) is 0.866. The molecule has 0 saturated heterocycles. The molecule has 2 heterocycles. The number of nitrogens with zero attached hydrogens (tertiary/aromatic N) is 4. The molecular formula is C12H16N4O2. The third-order valence-electron chi connectivity index (χ3n) is 2.77. The summed E-state index contributed by atoms with van der Waals surface area (Å²) in [5.74, 6) is -0.0349. The van der Waals surface area contributed by atoms with Gasteiger partial charge in [0.25, 0.3) is 0 Å². The van der Waals surface area contributed by atoms with Gasteiger partial charge in [0.15, 0.2) is 5.82 Å². The Kier molecular flexibility index (Phi) is 3.45. The van der Waals surface area contributed by atoms with Crippen LogP contribution in [0.25, 0.3) is 5.52 Å². The topological polar surface area (TPSA) is 70.7 Å². The first-order valence-corrected chi connectivity index (χ1v) is 5.86.